The van der Waals surface area contributed by atoms with E-state index < -0.39 is 0 Å². The summed E-state index contributed by atoms with van der Waals surface area (Å²) in [6.45, 7) is 5.46. The van der Waals surface area contributed by atoms with Gasteiger partial charge < -0.3 is 15.1 Å². The second kappa shape index (κ2) is 7.36. The van der Waals surface area contributed by atoms with Gasteiger partial charge in [0.25, 0.3) is 0 Å². The smallest absolute Gasteiger partial charge is 0.318 e. The molecule has 2 heterocycles. The van der Waals surface area contributed by atoms with Crippen LogP contribution in [0, 0.1) is 5.92 Å². The van der Waals surface area contributed by atoms with Crippen molar-refractivity contribution < 1.29 is 4.79 Å². The Labute approximate surface area is 151 Å². The molecule has 2 aliphatic heterocycles. The van der Waals surface area contributed by atoms with E-state index in [-0.39, 0.29) is 12.1 Å². The summed E-state index contributed by atoms with van der Waals surface area (Å²) in [7, 11) is 0. The van der Waals surface area contributed by atoms with Crippen molar-refractivity contribution in [2.75, 3.05) is 19.6 Å². The zero-order valence-corrected chi connectivity index (χ0v) is 15.4. The van der Waals surface area contributed by atoms with Crippen LogP contribution >= 0.6 is 0 Å². The van der Waals surface area contributed by atoms with Crippen LogP contribution in [0.5, 0.6) is 0 Å². The summed E-state index contributed by atoms with van der Waals surface area (Å²) < 4.78 is 0. The van der Waals surface area contributed by atoms with Crippen LogP contribution < -0.4 is 5.32 Å². The third-order valence-electron chi connectivity index (χ3n) is 6.31. The summed E-state index contributed by atoms with van der Waals surface area (Å²) in [5.41, 5.74) is 1.23. The van der Waals surface area contributed by atoms with E-state index in [1.807, 2.05) is 6.07 Å². The van der Waals surface area contributed by atoms with Gasteiger partial charge in [0.05, 0.1) is 6.04 Å². The molecule has 1 aromatic carbocycles. The normalized spacial score (nSPS) is 27.6. The lowest BCUT2D eigenvalue weighted by Crippen LogP contribution is -2.51. The first-order valence-electron chi connectivity index (χ1n) is 10.1. The van der Waals surface area contributed by atoms with Crippen molar-refractivity contribution in [3.8, 4) is 0 Å². The van der Waals surface area contributed by atoms with E-state index in [0.717, 1.165) is 25.9 Å². The number of piperidine rings is 1. The maximum atomic E-state index is 13.1. The summed E-state index contributed by atoms with van der Waals surface area (Å²) in [6.07, 6.45) is 7.39. The summed E-state index contributed by atoms with van der Waals surface area (Å²) in [5, 5.41) is 3.38. The van der Waals surface area contributed by atoms with Gasteiger partial charge in [0.2, 0.25) is 0 Å². The predicted molar refractivity (Wildman–Crippen MR) is 100 cm³/mol. The fraction of sp³-hybridized carbons (Fsp3) is 0.667. The van der Waals surface area contributed by atoms with Crippen LogP contribution in [0.4, 0.5) is 4.79 Å². The molecule has 4 rings (SSSR count). The molecule has 0 radical (unpaired) electrons. The number of benzene rings is 1. The summed E-state index contributed by atoms with van der Waals surface area (Å²) in [4.78, 5) is 17.8. The van der Waals surface area contributed by atoms with E-state index in [0.29, 0.717) is 18.0 Å². The van der Waals surface area contributed by atoms with Crippen LogP contribution in [0.2, 0.25) is 0 Å². The molecule has 136 valence electrons. The third kappa shape index (κ3) is 4.00. The minimum absolute atomic E-state index is 0.133. The number of fused-ring (bicyclic) bond motifs is 1. The Morgan fingerprint density at radius 2 is 2.00 bits per heavy atom. The highest BCUT2D eigenvalue weighted by Gasteiger charge is 2.35. The third-order valence-corrected chi connectivity index (χ3v) is 6.31. The molecule has 0 unspecified atom stereocenters. The van der Waals surface area contributed by atoms with Gasteiger partial charge in [-0.2, -0.15) is 0 Å². The highest BCUT2D eigenvalue weighted by atomic mass is 16.2. The Balaban J connectivity index is 1.41. The van der Waals surface area contributed by atoms with E-state index in [4.69, 9.17) is 0 Å². The quantitative estimate of drug-likeness (QED) is 0.884. The predicted octanol–water partition coefficient (Wildman–Crippen LogP) is 3.80. The molecule has 1 saturated carbocycles. The van der Waals surface area contributed by atoms with Crippen molar-refractivity contribution in [2.45, 2.75) is 63.6 Å². The van der Waals surface area contributed by atoms with Crippen molar-refractivity contribution >= 4 is 6.03 Å². The molecular formula is C21H31N3O. The Kier molecular flexibility index (Phi) is 4.98. The van der Waals surface area contributed by atoms with Gasteiger partial charge in [0.1, 0.15) is 0 Å². The lowest BCUT2D eigenvalue weighted by Gasteiger charge is -2.37. The average molecular weight is 341 g/mol. The first-order valence-corrected chi connectivity index (χ1v) is 10.1. The summed E-state index contributed by atoms with van der Waals surface area (Å²) in [6, 6.07) is 11.7. The molecule has 1 aromatic rings. The van der Waals surface area contributed by atoms with Crippen LogP contribution in [0.15, 0.2) is 30.3 Å². The Morgan fingerprint density at radius 3 is 2.76 bits per heavy atom. The minimum atomic E-state index is 0.133. The van der Waals surface area contributed by atoms with Crippen molar-refractivity contribution in [2.24, 2.45) is 5.92 Å². The number of carbonyl (C=O) groups is 1. The molecular weight excluding hydrogens is 310 g/mol. The monoisotopic (exact) mass is 341 g/mol. The molecule has 3 fully saturated rings. The van der Waals surface area contributed by atoms with Crippen LogP contribution in [-0.2, 0) is 0 Å². The topological polar surface area (TPSA) is 35.6 Å². The van der Waals surface area contributed by atoms with E-state index in [1.54, 1.807) is 0 Å². The SMILES string of the molecule is C[C@H](c1ccccc1)N(CC1CC1)C(=O)N[C@H]1CCN2CCC[C@H]2C1. The lowest BCUT2D eigenvalue weighted by molar-refractivity contribution is 0.145. The van der Waals surface area contributed by atoms with Gasteiger partial charge >= 0.3 is 6.03 Å². The number of hydrogen-bond acceptors (Lipinski definition) is 2. The van der Waals surface area contributed by atoms with Crippen LogP contribution in [0.25, 0.3) is 0 Å². The number of carbonyl (C=O) groups excluding carboxylic acids is 1. The number of hydrogen-bond donors (Lipinski definition) is 1. The van der Waals surface area contributed by atoms with Crippen LogP contribution in [0.1, 0.15) is 57.1 Å². The molecule has 2 saturated heterocycles. The molecule has 4 nitrogen and oxygen atoms in total. The number of nitrogens with zero attached hydrogens (tertiary/aromatic N) is 2. The van der Waals surface area contributed by atoms with Gasteiger partial charge in [0.15, 0.2) is 0 Å². The van der Waals surface area contributed by atoms with Crippen molar-refractivity contribution in [1.29, 1.82) is 0 Å². The van der Waals surface area contributed by atoms with Crippen LogP contribution in [0.3, 0.4) is 0 Å². The van der Waals surface area contributed by atoms with Crippen molar-refractivity contribution in [3.05, 3.63) is 35.9 Å². The van der Waals surface area contributed by atoms with E-state index in [1.165, 1.54) is 37.8 Å². The average Bonchev–Trinajstić information content (AvgIpc) is 3.34. The lowest BCUT2D eigenvalue weighted by atomic mass is 9.97. The molecule has 3 aliphatic rings. The molecule has 0 bridgehead atoms. The minimum Gasteiger partial charge on any atom is -0.335 e. The van der Waals surface area contributed by atoms with E-state index >= 15 is 0 Å². The maximum absolute atomic E-state index is 13.1. The van der Waals surface area contributed by atoms with Crippen molar-refractivity contribution in [3.63, 3.8) is 0 Å². The second-order valence-electron chi connectivity index (χ2n) is 8.19. The van der Waals surface area contributed by atoms with E-state index in [2.05, 4.69) is 46.3 Å². The summed E-state index contributed by atoms with van der Waals surface area (Å²) >= 11 is 0. The largest absolute Gasteiger partial charge is 0.335 e. The molecule has 4 heteroatoms. The summed E-state index contributed by atoms with van der Waals surface area (Å²) in [5.74, 6) is 0.702. The number of urea groups is 1. The number of amides is 2. The molecule has 1 N–H and O–H groups in total. The number of nitrogens with one attached hydrogen (secondary N) is 1. The first-order chi connectivity index (χ1) is 12.2. The fourth-order valence-electron chi connectivity index (χ4n) is 4.52. The molecule has 0 aromatic heterocycles. The second-order valence-corrected chi connectivity index (χ2v) is 8.19. The van der Waals surface area contributed by atoms with Gasteiger partial charge in [-0.1, -0.05) is 30.3 Å². The number of rotatable bonds is 5. The molecule has 2 amide bonds. The van der Waals surface area contributed by atoms with Gasteiger partial charge in [-0.3, -0.25) is 0 Å². The van der Waals surface area contributed by atoms with Gasteiger partial charge in [-0.25, -0.2) is 4.79 Å². The molecule has 3 atom stereocenters. The molecule has 1 aliphatic carbocycles. The molecule has 0 spiro atoms. The van der Waals surface area contributed by atoms with Crippen molar-refractivity contribution in [1.82, 2.24) is 15.1 Å². The van der Waals surface area contributed by atoms with Gasteiger partial charge in [-0.05, 0) is 63.5 Å². The Morgan fingerprint density at radius 1 is 1.20 bits per heavy atom. The highest BCUT2D eigenvalue weighted by Crippen LogP contribution is 2.33. The Hall–Kier alpha value is -1.55. The zero-order chi connectivity index (χ0) is 17.2. The van der Waals surface area contributed by atoms with Gasteiger partial charge in [0, 0.05) is 25.2 Å². The standard InChI is InChI=1S/C21H31N3O/c1-16(18-6-3-2-4-7-18)24(15-17-9-10-17)21(25)22-19-11-13-23-12-5-8-20(23)14-19/h2-4,6-7,16-17,19-20H,5,8-15H2,1H3,(H,22,25)/t16-,19+,20+/m1/s1. The highest BCUT2D eigenvalue weighted by molar-refractivity contribution is 5.75. The van der Waals surface area contributed by atoms with Crippen LogP contribution in [-0.4, -0.2) is 47.5 Å². The Bertz CT molecular complexity index is 586. The maximum Gasteiger partial charge on any atom is 0.318 e. The first kappa shape index (κ1) is 16.9. The fourth-order valence-corrected chi connectivity index (χ4v) is 4.52. The van der Waals surface area contributed by atoms with Gasteiger partial charge in [-0.15, -0.1) is 0 Å². The van der Waals surface area contributed by atoms with E-state index in [9.17, 15) is 4.79 Å². The zero-order valence-electron chi connectivity index (χ0n) is 15.4. The molecule has 25 heavy (non-hydrogen) atoms.